The standard InChI is InChI=1S/C11H14ClN5OS/c1-5(2)17-10(18)15-16-11(17)19-9-6(3)8(12)13-7(4)14-9/h5H,1-4H3,(H,15,18). The highest BCUT2D eigenvalue weighted by atomic mass is 35.5. The molecule has 0 amide bonds. The van der Waals surface area contributed by atoms with Gasteiger partial charge in [-0.25, -0.2) is 19.9 Å². The van der Waals surface area contributed by atoms with E-state index in [9.17, 15) is 4.79 Å². The Morgan fingerprint density at radius 2 is 2.00 bits per heavy atom. The Morgan fingerprint density at radius 3 is 2.63 bits per heavy atom. The SMILES string of the molecule is Cc1nc(Cl)c(C)c(Sc2n[nH]c(=O)n2C(C)C)n1. The molecule has 0 aromatic carbocycles. The van der Waals surface area contributed by atoms with Crippen LogP contribution in [0.15, 0.2) is 15.0 Å². The molecule has 8 heteroatoms. The fourth-order valence-electron chi connectivity index (χ4n) is 1.57. The number of hydrogen-bond donors (Lipinski definition) is 1. The van der Waals surface area contributed by atoms with Gasteiger partial charge in [-0.05, 0) is 39.5 Å². The highest BCUT2D eigenvalue weighted by molar-refractivity contribution is 7.99. The second-order valence-corrected chi connectivity index (χ2v) is 5.68. The van der Waals surface area contributed by atoms with Crippen molar-refractivity contribution >= 4 is 23.4 Å². The minimum Gasteiger partial charge on any atom is -0.267 e. The van der Waals surface area contributed by atoms with Gasteiger partial charge in [0.15, 0.2) is 5.16 Å². The van der Waals surface area contributed by atoms with E-state index in [2.05, 4.69) is 20.2 Å². The molecule has 0 aliphatic carbocycles. The van der Waals surface area contributed by atoms with Gasteiger partial charge in [-0.2, -0.15) is 0 Å². The molecule has 0 bridgehead atoms. The zero-order valence-electron chi connectivity index (χ0n) is 11.1. The number of halogens is 1. The summed E-state index contributed by atoms with van der Waals surface area (Å²) in [6, 6.07) is 0.0208. The van der Waals surface area contributed by atoms with Gasteiger partial charge in [0.25, 0.3) is 0 Å². The van der Waals surface area contributed by atoms with Crippen LogP contribution in [0.5, 0.6) is 0 Å². The summed E-state index contributed by atoms with van der Waals surface area (Å²) >= 11 is 7.34. The summed E-state index contributed by atoms with van der Waals surface area (Å²) in [6.07, 6.45) is 0. The predicted octanol–water partition coefficient (Wildman–Crippen LogP) is 2.36. The van der Waals surface area contributed by atoms with E-state index < -0.39 is 0 Å². The second kappa shape index (κ2) is 5.34. The van der Waals surface area contributed by atoms with E-state index in [1.165, 1.54) is 11.8 Å². The van der Waals surface area contributed by atoms with E-state index in [4.69, 9.17) is 11.6 Å². The molecule has 0 radical (unpaired) electrons. The molecule has 2 aromatic heterocycles. The summed E-state index contributed by atoms with van der Waals surface area (Å²) in [5.74, 6) is 0.590. The van der Waals surface area contributed by atoms with Gasteiger partial charge in [0.1, 0.15) is 16.0 Å². The quantitative estimate of drug-likeness (QED) is 0.881. The number of H-pyrrole nitrogens is 1. The smallest absolute Gasteiger partial charge is 0.267 e. The number of nitrogens with zero attached hydrogens (tertiary/aromatic N) is 4. The number of aryl methyl sites for hydroxylation is 1. The van der Waals surface area contributed by atoms with Crippen LogP contribution in [0.4, 0.5) is 0 Å². The van der Waals surface area contributed by atoms with Gasteiger partial charge >= 0.3 is 5.69 Å². The molecular weight excluding hydrogens is 286 g/mol. The lowest BCUT2D eigenvalue weighted by atomic mass is 10.4. The fraction of sp³-hybridized carbons (Fsp3) is 0.455. The van der Waals surface area contributed by atoms with Gasteiger partial charge < -0.3 is 0 Å². The number of hydrogen-bond acceptors (Lipinski definition) is 5. The third-order valence-corrected chi connectivity index (χ3v) is 3.96. The first kappa shape index (κ1) is 14.1. The fourth-order valence-corrected chi connectivity index (χ4v) is 2.93. The summed E-state index contributed by atoms with van der Waals surface area (Å²) in [5.41, 5.74) is 0.551. The molecule has 2 rings (SSSR count). The predicted molar refractivity (Wildman–Crippen MR) is 73.9 cm³/mol. The van der Waals surface area contributed by atoms with Crippen LogP contribution in [0.3, 0.4) is 0 Å². The zero-order valence-corrected chi connectivity index (χ0v) is 12.6. The van der Waals surface area contributed by atoms with E-state index in [0.29, 0.717) is 21.2 Å². The van der Waals surface area contributed by atoms with E-state index in [1.54, 1.807) is 11.5 Å². The summed E-state index contributed by atoms with van der Waals surface area (Å²) in [6.45, 7) is 7.46. The molecule has 0 aliphatic heterocycles. The van der Waals surface area contributed by atoms with Gasteiger partial charge in [0.05, 0.1) is 0 Å². The lowest BCUT2D eigenvalue weighted by Gasteiger charge is -2.10. The molecule has 0 unspecified atom stereocenters. The van der Waals surface area contributed by atoms with Crippen LogP contribution in [0.25, 0.3) is 0 Å². The van der Waals surface area contributed by atoms with Gasteiger partial charge in [-0.15, -0.1) is 5.10 Å². The molecule has 19 heavy (non-hydrogen) atoms. The first-order chi connectivity index (χ1) is 8.90. The van der Waals surface area contributed by atoms with Gasteiger partial charge in [0.2, 0.25) is 0 Å². The monoisotopic (exact) mass is 299 g/mol. The van der Waals surface area contributed by atoms with E-state index in [-0.39, 0.29) is 11.7 Å². The Bertz CT molecular complexity index is 664. The summed E-state index contributed by atoms with van der Waals surface area (Å²) in [4.78, 5) is 20.1. The molecule has 0 aliphatic rings. The number of aromatic amines is 1. The third kappa shape index (κ3) is 2.82. The Morgan fingerprint density at radius 1 is 1.32 bits per heavy atom. The topological polar surface area (TPSA) is 76.5 Å². The molecule has 2 heterocycles. The minimum atomic E-state index is -0.230. The highest BCUT2D eigenvalue weighted by Gasteiger charge is 2.16. The number of aromatic nitrogens is 5. The van der Waals surface area contributed by atoms with E-state index >= 15 is 0 Å². The first-order valence-corrected chi connectivity index (χ1v) is 6.95. The van der Waals surface area contributed by atoms with Crippen LogP contribution in [0.2, 0.25) is 5.15 Å². The van der Waals surface area contributed by atoms with Crippen molar-refractivity contribution in [1.82, 2.24) is 24.7 Å². The van der Waals surface area contributed by atoms with Crippen LogP contribution in [0.1, 0.15) is 31.3 Å². The largest absolute Gasteiger partial charge is 0.344 e. The Kier molecular flexibility index (Phi) is 3.96. The van der Waals surface area contributed by atoms with Crippen molar-refractivity contribution in [3.05, 3.63) is 27.0 Å². The van der Waals surface area contributed by atoms with Crippen LogP contribution in [-0.4, -0.2) is 24.7 Å². The average Bonchev–Trinajstić information content (AvgIpc) is 2.66. The van der Waals surface area contributed by atoms with Gasteiger partial charge in [0, 0.05) is 11.6 Å². The number of rotatable bonds is 3. The van der Waals surface area contributed by atoms with Crippen LogP contribution < -0.4 is 5.69 Å². The van der Waals surface area contributed by atoms with Crippen LogP contribution >= 0.6 is 23.4 Å². The molecule has 102 valence electrons. The highest BCUT2D eigenvalue weighted by Crippen LogP contribution is 2.30. The first-order valence-electron chi connectivity index (χ1n) is 5.75. The maximum absolute atomic E-state index is 11.7. The third-order valence-electron chi connectivity index (χ3n) is 2.53. The van der Waals surface area contributed by atoms with Crippen molar-refractivity contribution in [2.75, 3.05) is 0 Å². The molecule has 2 aromatic rings. The molecular formula is C11H14ClN5OS. The molecule has 0 saturated heterocycles. The molecule has 6 nitrogen and oxygen atoms in total. The normalized spacial score (nSPS) is 11.3. The number of nitrogens with one attached hydrogen (secondary N) is 1. The van der Waals surface area contributed by atoms with Crippen molar-refractivity contribution in [3.63, 3.8) is 0 Å². The molecule has 0 atom stereocenters. The van der Waals surface area contributed by atoms with Crippen molar-refractivity contribution < 1.29 is 0 Å². The summed E-state index contributed by atoms with van der Waals surface area (Å²) in [5, 5.41) is 8.16. The zero-order chi connectivity index (χ0) is 14.2. The Hall–Kier alpha value is -1.34. The minimum absolute atomic E-state index is 0.0208. The Labute approximate surface area is 119 Å². The van der Waals surface area contributed by atoms with Crippen molar-refractivity contribution in [2.45, 2.75) is 43.9 Å². The lowest BCUT2D eigenvalue weighted by molar-refractivity contribution is 0.533. The summed E-state index contributed by atoms with van der Waals surface area (Å²) < 4.78 is 1.58. The van der Waals surface area contributed by atoms with Crippen molar-refractivity contribution in [2.24, 2.45) is 0 Å². The van der Waals surface area contributed by atoms with Crippen LogP contribution in [0, 0.1) is 13.8 Å². The molecule has 1 N–H and O–H groups in total. The van der Waals surface area contributed by atoms with Crippen LogP contribution in [-0.2, 0) is 0 Å². The maximum atomic E-state index is 11.7. The van der Waals surface area contributed by atoms with E-state index in [1.807, 2.05) is 20.8 Å². The molecule has 0 saturated carbocycles. The van der Waals surface area contributed by atoms with Crippen molar-refractivity contribution in [3.8, 4) is 0 Å². The van der Waals surface area contributed by atoms with Gasteiger partial charge in [-0.1, -0.05) is 11.6 Å². The Balaban J connectivity index is 2.45. The van der Waals surface area contributed by atoms with Gasteiger partial charge in [-0.3, -0.25) is 4.57 Å². The lowest BCUT2D eigenvalue weighted by Crippen LogP contribution is -2.19. The second-order valence-electron chi connectivity index (χ2n) is 4.37. The molecule has 0 fully saturated rings. The molecule has 0 spiro atoms. The average molecular weight is 300 g/mol. The van der Waals surface area contributed by atoms with E-state index in [0.717, 1.165) is 5.56 Å². The maximum Gasteiger partial charge on any atom is 0.344 e. The summed E-state index contributed by atoms with van der Waals surface area (Å²) in [7, 11) is 0. The van der Waals surface area contributed by atoms with Crippen molar-refractivity contribution in [1.29, 1.82) is 0 Å².